The summed E-state index contributed by atoms with van der Waals surface area (Å²) in [5.74, 6) is 0.918. The van der Waals surface area contributed by atoms with Gasteiger partial charge in [-0.25, -0.2) is 4.98 Å². The van der Waals surface area contributed by atoms with Gasteiger partial charge >= 0.3 is 0 Å². The number of carbonyl (C=O) groups excluding carboxylic acids is 1. The second-order valence-corrected chi connectivity index (χ2v) is 7.85. The van der Waals surface area contributed by atoms with E-state index in [1.54, 1.807) is 29.6 Å². The molecular weight excluding hydrogens is 458 g/mol. The van der Waals surface area contributed by atoms with Gasteiger partial charge in [-0.3, -0.25) is 14.9 Å². The van der Waals surface area contributed by atoms with Crippen molar-refractivity contribution in [1.82, 2.24) is 10.3 Å². The molecule has 9 nitrogen and oxygen atoms in total. The fourth-order valence-corrected chi connectivity index (χ4v) is 3.65. The van der Waals surface area contributed by atoms with E-state index in [0.29, 0.717) is 27.1 Å². The van der Waals surface area contributed by atoms with Crippen LogP contribution in [0.15, 0.2) is 41.8 Å². The zero-order valence-corrected chi connectivity index (χ0v) is 18.9. The summed E-state index contributed by atoms with van der Waals surface area (Å²) in [6, 6.07) is 9.79. The maximum absolute atomic E-state index is 12.4. The number of nitro benzene ring substituents is 1. The lowest BCUT2D eigenvalue weighted by molar-refractivity contribution is -0.385. The molecular formula is C21H20ClN3O6S. The first kappa shape index (κ1) is 23.3. The minimum Gasteiger partial charge on any atom is -0.493 e. The van der Waals surface area contributed by atoms with Gasteiger partial charge in [0.25, 0.3) is 11.6 Å². The summed E-state index contributed by atoms with van der Waals surface area (Å²) in [5.41, 5.74) is 0.571. The average Bonchev–Trinajstić information content (AvgIpc) is 3.27. The van der Waals surface area contributed by atoms with Crippen LogP contribution in [0.2, 0.25) is 5.02 Å². The molecule has 32 heavy (non-hydrogen) atoms. The molecule has 3 rings (SSSR count). The molecule has 1 N–H and O–H groups in total. The number of benzene rings is 2. The maximum atomic E-state index is 12.4. The number of thiazole rings is 1. The first-order valence-electron chi connectivity index (χ1n) is 9.41. The molecule has 0 aliphatic heterocycles. The summed E-state index contributed by atoms with van der Waals surface area (Å²) >= 11 is 7.15. The lowest BCUT2D eigenvalue weighted by Gasteiger charge is -2.11. The molecule has 0 fully saturated rings. The molecule has 11 heteroatoms. The highest BCUT2D eigenvalue weighted by molar-refractivity contribution is 7.09. The summed E-state index contributed by atoms with van der Waals surface area (Å²) in [5, 5.41) is 17.0. The molecule has 0 spiro atoms. The standard InChI is InChI=1S/C21H20ClN3O6S/c1-29-18-9-13(17(25(27)28)10-19(18)30-2)7-8-23-21(26)16-12-32-20(24-16)11-31-15-5-3-14(22)4-6-15/h3-6,9-10,12H,7-8,11H2,1-2H3,(H,23,26). The second-order valence-electron chi connectivity index (χ2n) is 6.47. The number of halogens is 1. The van der Waals surface area contributed by atoms with Gasteiger partial charge in [-0.2, -0.15) is 0 Å². The molecule has 0 saturated carbocycles. The van der Waals surface area contributed by atoms with Crippen molar-refractivity contribution in [3.63, 3.8) is 0 Å². The van der Waals surface area contributed by atoms with Gasteiger partial charge in [-0.15, -0.1) is 11.3 Å². The normalized spacial score (nSPS) is 10.5. The number of nitro groups is 1. The Kier molecular flexibility index (Phi) is 7.85. The van der Waals surface area contributed by atoms with Crippen LogP contribution in [-0.4, -0.2) is 36.6 Å². The number of nitrogens with zero attached hydrogens (tertiary/aromatic N) is 2. The predicted octanol–water partition coefficient (Wildman–Crippen LogP) is 4.27. The van der Waals surface area contributed by atoms with E-state index < -0.39 is 4.92 Å². The molecule has 0 radical (unpaired) electrons. The average molecular weight is 478 g/mol. The van der Waals surface area contributed by atoms with E-state index in [1.807, 2.05) is 0 Å². The molecule has 3 aromatic rings. The smallest absolute Gasteiger partial charge is 0.276 e. The van der Waals surface area contributed by atoms with Crippen LogP contribution < -0.4 is 19.5 Å². The first-order chi connectivity index (χ1) is 15.4. The predicted molar refractivity (Wildman–Crippen MR) is 120 cm³/mol. The zero-order chi connectivity index (χ0) is 23.1. The highest BCUT2D eigenvalue weighted by Gasteiger charge is 2.20. The fraction of sp³-hybridized carbons (Fsp3) is 0.238. The molecule has 1 amide bonds. The van der Waals surface area contributed by atoms with Crippen molar-refractivity contribution in [3.05, 3.63) is 73.2 Å². The van der Waals surface area contributed by atoms with Gasteiger partial charge in [-0.05, 0) is 36.8 Å². The summed E-state index contributed by atoms with van der Waals surface area (Å²) in [4.78, 5) is 27.6. The Morgan fingerprint density at radius 3 is 2.53 bits per heavy atom. The molecule has 0 aliphatic carbocycles. The quantitative estimate of drug-likeness (QED) is 0.342. The molecule has 0 unspecified atom stereocenters. The fourth-order valence-electron chi connectivity index (χ4n) is 2.84. The number of rotatable bonds is 10. The summed E-state index contributed by atoms with van der Waals surface area (Å²) in [6.07, 6.45) is 0.235. The highest BCUT2D eigenvalue weighted by atomic mass is 35.5. The van der Waals surface area contributed by atoms with Crippen LogP contribution in [0.25, 0.3) is 0 Å². The third-order valence-electron chi connectivity index (χ3n) is 4.42. The van der Waals surface area contributed by atoms with Crippen molar-refractivity contribution in [1.29, 1.82) is 0 Å². The Hall–Kier alpha value is -3.37. The van der Waals surface area contributed by atoms with Crippen molar-refractivity contribution < 1.29 is 23.9 Å². The summed E-state index contributed by atoms with van der Waals surface area (Å²) in [6.45, 7) is 0.403. The monoisotopic (exact) mass is 477 g/mol. The van der Waals surface area contributed by atoms with E-state index >= 15 is 0 Å². The number of carbonyl (C=O) groups is 1. The van der Waals surface area contributed by atoms with Crippen molar-refractivity contribution in [2.75, 3.05) is 20.8 Å². The number of nitrogens with one attached hydrogen (secondary N) is 1. The number of methoxy groups -OCH3 is 2. The van der Waals surface area contributed by atoms with Crippen LogP contribution >= 0.6 is 22.9 Å². The Morgan fingerprint density at radius 1 is 1.19 bits per heavy atom. The van der Waals surface area contributed by atoms with E-state index in [9.17, 15) is 14.9 Å². The molecule has 0 saturated heterocycles. The Bertz CT molecular complexity index is 1100. The van der Waals surface area contributed by atoms with Gasteiger partial charge in [-0.1, -0.05) is 11.6 Å². The first-order valence-corrected chi connectivity index (χ1v) is 10.7. The highest BCUT2D eigenvalue weighted by Crippen LogP contribution is 2.34. The molecule has 1 aromatic heterocycles. The van der Waals surface area contributed by atoms with Gasteiger partial charge in [0.2, 0.25) is 0 Å². The van der Waals surface area contributed by atoms with Gasteiger partial charge in [0.15, 0.2) is 11.5 Å². The second kappa shape index (κ2) is 10.8. The van der Waals surface area contributed by atoms with Crippen LogP contribution in [0.4, 0.5) is 5.69 Å². The van der Waals surface area contributed by atoms with Crippen molar-refractivity contribution in [3.8, 4) is 17.2 Å². The van der Waals surface area contributed by atoms with Gasteiger partial charge in [0.1, 0.15) is 23.1 Å². The molecule has 0 aliphatic rings. The molecule has 1 heterocycles. The minimum absolute atomic E-state index is 0.104. The van der Waals surface area contributed by atoms with Crippen LogP contribution in [0.1, 0.15) is 21.1 Å². The molecule has 2 aromatic carbocycles. The number of ether oxygens (including phenoxy) is 3. The lowest BCUT2D eigenvalue weighted by Crippen LogP contribution is -2.26. The van der Waals surface area contributed by atoms with Crippen molar-refractivity contribution in [2.45, 2.75) is 13.0 Å². The summed E-state index contributed by atoms with van der Waals surface area (Å²) in [7, 11) is 2.86. The van der Waals surface area contributed by atoms with E-state index in [0.717, 1.165) is 0 Å². The lowest BCUT2D eigenvalue weighted by atomic mass is 10.1. The van der Waals surface area contributed by atoms with Crippen LogP contribution in [0.3, 0.4) is 0 Å². The number of hydrogen-bond acceptors (Lipinski definition) is 8. The third kappa shape index (κ3) is 5.86. The maximum Gasteiger partial charge on any atom is 0.276 e. The van der Waals surface area contributed by atoms with Gasteiger partial charge in [0.05, 0.1) is 25.2 Å². The summed E-state index contributed by atoms with van der Waals surface area (Å²) < 4.78 is 16.0. The number of hydrogen-bond donors (Lipinski definition) is 1. The minimum atomic E-state index is -0.494. The topological polar surface area (TPSA) is 113 Å². The van der Waals surface area contributed by atoms with E-state index in [-0.39, 0.29) is 42.6 Å². The van der Waals surface area contributed by atoms with Crippen molar-refractivity contribution in [2.24, 2.45) is 0 Å². The van der Waals surface area contributed by atoms with Crippen LogP contribution in [-0.2, 0) is 13.0 Å². The van der Waals surface area contributed by atoms with Gasteiger partial charge < -0.3 is 19.5 Å². The van der Waals surface area contributed by atoms with E-state index in [2.05, 4.69) is 10.3 Å². The van der Waals surface area contributed by atoms with E-state index in [1.165, 1.54) is 37.7 Å². The zero-order valence-electron chi connectivity index (χ0n) is 17.3. The van der Waals surface area contributed by atoms with Crippen LogP contribution in [0, 0.1) is 10.1 Å². The van der Waals surface area contributed by atoms with E-state index in [4.69, 9.17) is 25.8 Å². The molecule has 168 valence electrons. The number of amides is 1. The number of aromatic nitrogens is 1. The SMILES string of the molecule is COc1cc(CCNC(=O)c2csc(COc3ccc(Cl)cc3)n2)c([N+](=O)[O-])cc1OC. The molecule has 0 bridgehead atoms. The van der Waals surface area contributed by atoms with Crippen molar-refractivity contribution >= 4 is 34.5 Å². The third-order valence-corrected chi connectivity index (χ3v) is 5.50. The van der Waals surface area contributed by atoms with Gasteiger partial charge in [0, 0.05) is 22.5 Å². The Balaban J connectivity index is 1.57. The largest absolute Gasteiger partial charge is 0.493 e. The Morgan fingerprint density at radius 2 is 1.88 bits per heavy atom. The molecule has 0 atom stereocenters. The Labute approximate surface area is 193 Å². The van der Waals surface area contributed by atoms with Crippen LogP contribution in [0.5, 0.6) is 17.2 Å².